The number of rotatable bonds is 20. The van der Waals surface area contributed by atoms with E-state index in [-0.39, 0.29) is 24.0 Å². The van der Waals surface area contributed by atoms with Crippen LogP contribution in [0.25, 0.3) is 0 Å². The van der Waals surface area contributed by atoms with E-state index in [9.17, 15) is 4.79 Å². The Balaban J connectivity index is 0.00000841. The van der Waals surface area contributed by atoms with E-state index >= 15 is 0 Å². The van der Waals surface area contributed by atoms with E-state index in [0.29, 0.717) is 5.12 Å². The summed E-state index contributed by atoms with van der Waals surface area (Å²) in [5, 5.41) is 3.80. The molecule has 1 aliphatic rings. The van der Waals surface area contributed by atoms with E-state index in [2.05, 4.69) is 17.1 Å². The van der Waals surface area contributed by atoms with Crippen LogP contribution in [0.1, 0.15) is 116 Å². The molecule has 0 aromatic carbocycles. The number of halogens is 1. The third-order valence-corrected chi connectivity index (χ3v) is 7.09. The fraction of sp³-hybridized carbons (Fsp3) is 0.960. The zero-order valence-corrected chi connectivity index (χ0v) is 23.1. The molecular formula is C25H51IN2OS. The van der Waals surface area contributed by atoms with Gasteiger partial charge in [-0.15, -0.1) is 24.0 Å². The molecule has 1 aliphatic heterocycles. The van der Waals surface area contributed by atoms with Crippen LogP contribution in [0, 0.1) is 0 Å². The van der Waals surface area contributed by atoms with E-state index in [1.54, 1.807) is 11.8 Å². The van der Waals surface area contributed by atoms with Crippen molar-refractivity contribution in [3.63, 3.8) is 0 Å². The van der Waals surface area contributed by atoms with Gasteiger partial charge in [0.2, 0.25) is 0 Å². The molecule has 0 atom stereocenters. The Hall–Kier alpha value is 0.670. The molecule has 5 heteroatoms. The SMILES string of the molecule is CCCCCCCCCCCCCCCCCC(=O)SCCCN1CCNCC1.I. The van der Waals surface area contributed by atoms with Gasteiger partial charge in [0.25, 0.3) is 0 Å². The quantitative estimate of drug-likeness (QED) is 0.125. The summed E-state index contributed by atoms with van der Waals surface area (Å²) in [6, 6.07) is 0. The van der Waals surface area contributed by atoms with Crippen LogP contribution in [-0.4, -0.2) is 48.5 Å². The maximum absolute atomic E-state index is 12.0. The molecule has 1 heterocycles. The highest BCUT2D eigenvalue weighted by molar-refractivity contribution is 14.0. The first kappa shape index (κ1) is 30.7. The molecular weight excluding hydrogens is 503 g/mol. The minimum absolute atomic E-state index is 0. The second-order valence-electron chi connectivity index (χ2n) is 8.87. The Morgan fingerprint density at radius 3 is 1.70 bits per heavy atom. The van der Waals surface area contributed by atoms with Crippen molar-refractivity contribution in [2.45, 2.75) is 116 Å². The van der Waals surface area contributed by atoms with Crippen molar-refractivity contribution in [2.24, 2.45) is 0 Å². The van der Waals surface area contributed by atoms with Crippen LogP contribution in [-0.2, 0) is 4.79 Å². The van der Waals surface area contributed by atoms with E-state index in [4.69, 9.17) is 0 Å². The zero-order chi connectivity index (χ0) is 20.8. The topological polar surface area (TPSA) is 32.3 Å². The molecule has 0 aliphatic carbocycles. The summed E-state index contributed by atoms with van der Waals surface area (Å²) in [4.78, 5) is 14.5. The van der Waals surface area contributed by atoms with Crippen molar-refractivity contribution in [1.29, 1.82) is 0 Å². The number of piperazine rings is 1. The van der Waals surface area contributed by atoms with Crippen LogP contribution in [0.15, 0.2) is 0 Å². The van der Waals surface area contributed by atoms with Gasteiger partial charge in [-0.2, -0.15) is 0 Å². The number of carbonyl (C=O) groups excluding carboxylic acids is 1. The van der Waals surface area contributed by atoms with Crippen molar-refractivity contribution in [3.8, 4) is 0 Å². The van der Waals surface area contributed by atoms with E-state index < -0.39 is 0 Å². The predicted molar refractivity (Wildman–Crippen MR) is 146 cm³/mol. The van der Waals surface area contributed by atoms with Gasteiger partial charge < -0.3 is 10.2 Å². The molecule has 0 aromatic heterocycles. The molecule has 0 amide bonds. The smallest absolute Gasteiger partial charge is 0.188 e. The lowest BCUT2D eigenvalue weighted by Gasteiger charge is -2.26. The Labute approximate surface area is 209 Å². The maximum atomic E-state index is 12.0. The van der Waals surface area contributed by atoms with Crippen LogP contribution in [0.3, 0.4) is 0 Å². The standard InChI is InChI=1S/C25H50N2OS.HI/c1-2-3-4-5-6-7-8-9-10-11-12-13-14-15-16-18-25(28)29-24-17-21-27-22-19-26-20-23-27;/h26H,2-24H2,1H3;1H. The fourth-order valence-electron chi connectivity index (χ4n) is 4.12. The van der Waals surface area contributed by atoms with Gasteiger partial charge in [-0.1, -0.05) is 109 Å². The van der Waals surface area contributed by atoms with E-state index in [1.165, 1.54) is 89.9 Å². The third kappa shape index (κ3) is 20.6. The Bertz CT molecular complexity index is 365. The van der Waals surface area contributed by atoms with Crippen LogP contribution in [0.5, 0.6) is 0 Å². The van der Waals surface area contributed by atoms with Gasteiger partial charge in [0.05, 0.1) is 0 Å². The highest BCUT2D eigenvalue weighted by Gasteiger charge is 2.09. The Morgan fingerprint density at radius 2 is 1.20 bits per heavy atom. The first-order valence-electron chi connectivity index (χ1n) is 12.9. The molecule has 180 valence electrons. The first-order valence-corrected chi connectivity index (χ1v) is 13.9. The summed E-state index contributed by atoms with van der Waals surface area (Å²) in [5.41, 5.74) is 0. The highest BCUT2D eigenvalue weighted by atomic mass is 127. The molecule has 0 unspecified atom stereocenters. The summed E-state index contributed by atoms with van der Waals surface area (Å²) >= 11 is 1.57. The molecule has 0 spiro atoms. The molecule has 0 radical (unpaired) electrons. The molecule has 1 fully saturated rings. The van der Waals surface area contributed by atoms with Crippen LogP contribution < -0.4 is 5.32 Å². The summed E-state index contributed by atoms with van der Waals surface area (Å²) in [6.45, 7) is 8.00. The zero-order valence-electron chi connectivity index (χ0n) is 19.9. The Kier molecular flexibility index (Phi) is 24.9. The second-order valence-corrected chi connectivity index (χ2v) is 10.0. The number of nitrogens with one attached hydrogen (secondary N) is 1. The molecule has 30 heavy (non-hydrogen) atoms. The average Bonchev–Trinajstić information content (AvgIpc) is 2.75. The molecule has 0 saturated carbocycles. The van der Waals surface area contributed by atoms with Crippen molar-refractivity contribution in [3.05, 3.63) is 0 Å². The van der Waals surface area contributed by atoms with Gasteiger partial charge in [0.15, 0.2) is 5.12 Å². The molecule has 1 rings (SSSR count). The van der Waals surface area contributed by atoms with Gasteiger partial charge in [-0.05, 0) is 19.4 Å². The normalized spacial score (nSPS) is 14.6. The molecule has 3 nitrogen and oxygen atoms in total. The van der Waals surface area contributed by atoms with Gasteiger partial charge >= 0.3 is 0 Å². The van der Waals surface area contributed by atoms with E-state index in [0.717, 1.165) is 57.7 Å². The van der Waals surface area contributed by atoms with Gasteiger partial charge in [0.1, 0.15) is 0 Å². The molecule has 1 N–H and O–H groups in total. The summed E-state index contributed by atoms with van der Waals surface area (Å²) in [5.74, 6) is 1.00. The molecule has 1 saturated heterocycles. The number of hydrogen-bond acceptors (Lipinski definition) is 4. The van der Waals surface area contributed by atoms with E-state index in [1.807, 2.05) is 0 Å². The number of carbonyl (C=O) groups is 1. The average molecular weight is 555 g/mol. The van der Waals surface area contributed by atoms with Gasteiger partial charge in [-0.3, -0.25) is 4.79 Å². The van der Waals surface area contributed by atoms with Gasteiger partial charge in [0, 0.05) is 38.4 Å². The molecule has 0 aromatic rings. The minimum Gasteiger partial charge on any atom is -0.314 e. The summed E-state index contributed by atoms with van der Waals surface area (Å²) in [6.07, 6.45) is 22.6. The van der Waals surface area contributed by atoms with Crippen molar-refractivity contribution in [2.75, 3.05) is 38.5 Å². The number of nitrogens with zero attached hydrogens (tertiary/aromatic N) is 1. The lowest BCUT2D eigenvalue weighted by atomic mass is 10.0. The molecule has 0 bridgehead atoms. The number of unbranched alkanes of at least 4 members (excludes halogenated alkanes) is 14. The van der Waals surface area contributed by atoms with Crippen LogP contribution >= 0.6 is 35.7 Å². The lowest BCUT2D eigenvalue weighted by Crippen LogP contribution is -2.43. The summed E-state index contributed by atoms with van der Waals surface area (Å²) < 4.78 is 0. The predicted octanol–water partition coefficient (Wildman–Crippen LogP) is 7.42. The fourth-order valence-corrected chi connectivity index (χ4v) is 4.91. The lowest BCUT2D eigenvalue weighted by molar-refractivity contribution is -0.111. The number of thioether (sulfide) groups is 1. The van der Waals surface area contributed by atoms with Crippen LogP contribution in [0.4, 0.5) is 0 Å². The largest absolute Gasteiger partial charge is 0.314 e. The summed E-state index contributed by atoms with van der Waals surface area (Å²) in [7, 11) is 0. The Morgan fingerprint density at radius 1 is 0.733 bits per heavy atom. The second kappa shape index (κ2) is 24.3. The van der Waals surface area contributed by atoms with Crippen molar-refractivity contribution in [1.82, 2.24) is 10.2 Å². The first-order chi connectivity index (χ1) is 14.3. The third-order valence-electron chi connectivity index (χ3n) is 6.08. The number of hydrogen-bond donors (Lipinski definition) is 1. The van der Waals surface area contributed by atoms with Crippen molar-refractivity contribution >= 4 is 40.9 Å². The monoisotopic (exact) mass is 554 g/mol. The minimum atomic E-state index is 0. The van der Waals surface area contributed by atoms with Crippen molar-refractivity contribution < 1.29 is 4.79 Å². The maximum Gasteiger partial charge on any atom is 0.188 e. The van der Waals surface area contributed by atoms with Crippen LogP contribution in [0.2, 0.25) is 0 Å². The van der Waals surface area contributed by atoms with Gasteiger partial charge in [-0.25, -0.2) is 0 Å². The highest BCUT2D eigenvalue weighted by Crippen LogP contribution is 2.15.